The number of aliphatic hydroxyl groups excluding tert-OH is 1. The van der Waals surface area contributed by atoms with Gasteiger partial charge < -0.3 is 5.11 Å². The first-order chi connectivity index (χ1) is 11.1. The van der Waals surface area contributed by atoms with E-state index in [2.05, 4.69) is 29.7 Å². The van der Waals surface area contributed by atoms with Gasteiger partial charge >= 0.3 is 0 Å². The van der Waals surface area contributed by atoms with Crippen LogP contribution < -0.4 is 0 Å². The summed E-state index contributed by atoms with van der Waals surface area (Å²) >= 11 is 0. The van der Waals surface area contributed by atoms with Crippen LogP contribution in [0.4, 0.5) is 0 Å². The first-order valence-electron chi connectivity index (χ1n) is 8.76. The van der Waals surface area contributed by atoms with Crippen molar-refractivity contribution in [1.82, 2.24) is 9.80 Å². The number of nitriles is 1. The van der Waals surface area contributed by atoms with E-state index < -0.39 is 6.10 Å². The Kier molecular flexibility index (Phi) is 5.01. The van der Waals surface area contributed by atoms with Crippen LogP contribution in [0.1, 0.15) is 50.3 Å². The van der Waals surface area contributed by atoms with Gasteiger partial charge in [0, 0.05) is 31.2 Å². The first kappa shape index (κ1) is 16.4. The summed E-state index contributed by atoms with van der Waals surface area (Å²) in [6.45, 7) is 7.40. The number of aliphatic hydroxyl groups is 1. The molecular formula is C19H27N3O. The maximum Gasteiger partial charge on any atom is 0.0991 e. The minimum atomic E-state index is -0.480. The quantitative estimate of drug-likeness (QED) is 0.928. The SMILES string of the molecule is CC(C)N1C2CCC1CN(CC(O)c1ccc(C#N)cc1)CC2. The second-order valence-corrected chi connectivity index (χ2v) is 7.22. The summed E-state index contributed by atoms with van der Waals surface area (Å²) in [4.78, 5) is 5.11. The Morgan fingerprint density at radius 1 is 1.17 bits per heavy atom. The second-order valence-electron chi connectivity index (χ2n) is 7.22. The van der Waals surface area contributed by atoms with Crippen molar-refractivity contribution in [3.05, 3.63) is 35.4 Å². The Morgan fingerprint density at radius 3 is 2.52 bits per heavy atom. The van der Waals surface area contributed by atoms with Crippen molar-refractivity contribution >= 4 is 0 Å². The van der Waals surface area contributed by atoms with Crippen molar-refractivity contribution in [2.75, 3.05) is 19.6 Å². The van der Waals surface area contributed by atoms with Crippen molar-refractivity contribution in [2.45, 2.75) is 57.3 Å². The number of rotatable bonds is 4. The summed E-state index contributed by atoms with van der Waals surface area (Å²) in [6.07, 6.45) is 3.34. The van der Waals surface area contributed by atoms with Gasteiger partial charge in [-0.3, -0.25) is 9.80 Å². The molecule has 3 unspecified atom stereocenters. The molecule has 0 aliphatic carbocycles. The van der Waals surface area contributed by atoms with Crippen molar-refractivity contribution in [3.63, 3.8) is 0 Å². The summed E-state index contributed by atoms with van der Waals surface area (Å²) in [7, 11) is 0. The third-order valence-corrected chi connectivity index (χ3v) is 5.38. The Morgan fingerprint density at radius 2 is 1.87 bits per heavy atom. The molecule has 2 saturated heterocycles. The van der Waals surface area contributed by atoms with Crippen molar-refractivity contribution in [1.29, 1.82) is 5.26 Å². The molecule has 1 aromatic carbocycles. The molecule has 3 atom stereocenters. The van der Waals surface area contributed by atoms with Gasteiger partial charge in [-0.2, -0.15) is 5.26 Å². The van der Waals surface area contributed by atoms with E-state index >= 15 is 0 Å². The summed E-state index contributed by atoms with van der Waals surface area (Å²) in [5, 5.41) is 19.4. The Hall–Kier alpha value is -1.41. The molecule has 1 aromatic rings. The minimum absolute atomic E-state index is 0.480. The minimum Gasteiger partial charge on any atom is -0.387 e. The highest BCUT2D eigenvalue weighted by Crippen LogP contribution is 2.32. The van der Waals surface area contributed by atoms with E-state index in [0.29, 0.717) is 24.2 Å². The Balaban J connectivity index is 1.63. The van der Waals surface area contributed by atoms with Crippen molar-refractivity contribution in [3.8, 4) is 6.07 Å². The molecule has 0 radical (unpaired) electrons. The van der Waals surface area contributed by atoms with Crippen LogP contribution in [0.3, 0.4) is 0 Å². The van der Waals surface area contributed by atoms with Gasteiger partial charge in [-0.1, -0.05) is 12.1 Å². The van der Waals surface area contributed by atoms with Crippen LogP contribution in [0.25, 0.3) is 0 Å². The molecule has 2 aliphatic heterocycles. The monoisotopic (exact) mass is 313 g/mol. The molecule has 4 heteroatoms. The molecular weight excluding hydrogens is 286 g/mol. The zero-order chi connectivity index (χ0) is 16.4. The average molecular weight is 313 g/mol. The van der Waals surface area contributed by atoms with Gasteiger partial charge in [0.15, 0.2) is 0 Å². The lowest BCUT2D eigenvalue weighted by molar-refractivity contribution is 0.100. The molecule has 23 heavy (non-hydrogen) atoms. The molecule has 0 aromatic heterocycles. The fourth-order valence-electron chi connectivity index (χ4n) is 4.32. The maximum atomic E-state index is 10.5. The largest absolute Gasteiger partial charge is 0.387 e. The standard InChI is InChI=1S/C19H27N3O/c1-14(2)22-17-7-8-18(22)12-21(10-9-17)13-19(23)16-5-3-15(11-20)4-6-16/h3-6,14,17-19,23H,7-10,12-13H2,1-2H3. The Bertz CT molecular complexity index is 563. The van der Waals surface area contributed by atoms with Gasteiger partial charge in [-0.25, -0.2) is 0 Å². The zero-order valence-corrected chi connectivity index (χ0v) is 14.2. The average Bonchev–Trinajstić information content (AvgIpc) is 2.85. The van der Waals surface area contributed by atoms with Crippen LogP contribution in [-0.2, 0) is 0 Å². The number of fused-ring (bicyclic) bond motifs is 2. The lowest BCUT2D eigenvalue weighted by Gasteiger charge is -2.32. The van der Waals surface area contributed by atoms with E-state index in [0.717, 1.165) is 24.7 Å². The third kappa shape index (κ3) is 3.58. The van der Waals surface area contributed by atoms with E-state index in [1.807, 2.05) is 12.1 Å². The maximum absolute atomic E-state index is 10.5. The van der Waals surface area contributed by atoms with Crippen LogP contribution in [0.2, 0.25) is 0 Å². The molecule has 124 valence electrons. The Labute approximate surface area is 139 Å². The number of hydrogen-bond donors (Lipinski definition) is 1. The fraction of sp³-hybridized carbons (Fsp3) is 0.632. The smallest absolute Gasteiger partial charge is 0.0991 e. The van der Waals surface area contributed by atoms with Crippen LogP contribution in [0, 0.1) is 11.3 Å². The van der Waals surface area contributed by atoms with E-state index in [-0.39, 0.29) is 0 Å². The molecule has 4 nitrogen and oxygen atoms in total. The predicted molar refractivity (Wildman–Crippen MR) is 91.0 cm³/mol. The van der Waals surface area contributed by atoms with Crippen LogP contribution in [0.5, 0.6) is 0 Å². The molecule has 2 aliphatic rings. The van der Waals surface area contributed by atoms with Gasteiger partial charge in [-0.05, 0) is 57.4 Å². The van der Waals surface area contributed by atoms with Gasteiger partial charge in [-0.15, -0.1) is 0 Å². The molecule has 2 bridgehead atoms. The molecule has 2 fully saturated rings. The molecule has 1 N–H and O–H groups in total. The summed E-state index contributed by atoms with van der Waals surface area (Å²) in [5.74, 6) is 0. The van der Waals surface area contributed by atoms with Crippen LogP contribution in [-0.4, -0.2) is 52.7 Å². The van der Waals surface area contributed by atoms with Gasteiger partial charge in [0.25, 0.3) is 0 Å². The highest BCUT2D eigenvalue weighted by Gasteiger charge is 2.38. The molecule has 2 heterocycles. The molecule has 3 rings (SSSR count). The molecule has 0 saturated carbocycles. The first-order valence-corrected chi connectivity index (χ1v) is 8.76. The third-order valence-electron chi connectivity index (χ3n) is 5.38. The van der Waals surface area contributed by atoms with Crippen LogP contribution in [0.15, 0.2) is 24.3 Å². The number of nitrogens with zero attached hydrogens (tertiary/aromatic N) is 3. The molecule has 0 amide bonds. The van der Waals surface area contributed by atoms with E-state index in [4.69, 9.17) is 5.26 Å². The lowest BCUT2D eigenvalue weighted by Crippen LogP contribution is -2.43. The van der Waals surface area contributed by atoms with Gasteiger partial charge in [0.2, 0.25) is 0 Å². The van der Waals surface area contributed by atoms with Crippen LogP contribution >= 0.6 is 0 Å². The number of hydrogen-bond acceptors (Lipinski definition) is 4. The highest BCUT2D eigenvalue weighted by molar-refractivity contribution is 5.32. The van der Waals surface area contributed by atoms with E-state index in [1.54, 1.807) is 12.1 Å². The lowest BCUT2D eigenvalue weighted by atomic mass is 10.0. The van der Waals surface area contributed by atoms with E-state index in [1.165, 1.54) is 19.3 Å². The zero-order valence-electron chi connectivity index (χ0n) is 14.2. The summed E-state index contributed by atoms with van der Waals surface area (Å²) in [5.41, 5.74) is 1.54. The summed E-state index contributed by atoms with van der Waals surface area (Å²) < 4.78 is 0. The number of benzene rings is 1. The highest BCUT2D eigenvalue weighted by atomic mass is 16.3. The topological polar surface area (TPSA) is 50.5 Å². The normalized spacial score (nSPS) is 26.9. The number of β-amino-alcohol motifs (C(OH)–C–C–N with tert-alkyl or cyclic N) is 1. The fourth-order valence-corrected chi connectivity index (χ4v) is 4.32. The number of likely N-dealkylation sites (tertiary alicyclic amines) is 1. The summed E-state index contributed by atoms with van der Waals surface area (Å²) in [6, 6.07) is 11.4. The second kappa shape index (κ2) is 7.00. The van der Waals surface area contributed by atoms with Gasteiger partial charge in [0.1, 0.15) is 0 Å². The van der Waals surface area contributed by atoms with Crippen molar-refractivity contribution in [2.24, 2.45) is 0 Å². The molecule has 0 spiro atoms. The van der Waals surface area contributed by atoms with E-state index in [9.17, 15) is 5.11 Å². The van der Waals surface area contributed by atoms with Crippen molar-refractivity contribution < 1.29 is 5.11 Å². The predicted octanol–water partition coefficient (Wildman–Crippen LogP) is 2.54. The van der Waals surface area contributed by atoms with Gasteiger partial charge in [0.05, 0.1) is 17.7 Å².